The van der Waals surface area contributed by atoms with Crippen LogP contribution in [0.4, 0.5) is 0 Å². The molecule has 2 amide bonds. The van der Waals surface area contributed by atoms with Gasteiger partial charge in [-0.3, -0.25) is 9.59 Å². The smallest absolute Gasteiger partial charge is 0.251 e. The normalized spacial score (nSPS) is 22.7. The number of nitrogens with zero attached hydrogens (tertiary/aromatic N) is 1. The van der Waals surface area contributed by atoms with E-state index in [2.05, 4.69) is 5.32 Å². The standard InChI is InChI=1S/C21H29ClN2O4/c1-3-14(2)18(23-19(25)15-6-8-17(22)9-7-15)20(26)24-10-4-5-16(13-24)21-27-11-12-28-21/h6-9,14,16,18,21H,3-5,10-13H2,1-2H3,(H,23,25). The zero-order valence-corrected chi connectivity index (χ0v) is 17.3. The molecule has 7 heteroatoms. The van der Waals surface area contributed by atoms with Gasteiger partial charge in [0.2, 0.25) is 5.91 Å². The van der Waals surface area contributed by atoms with Gasteiger partial charge in [0.25, 0.3) is 5.91 Å². The molecule has 0 bridgehead atoms. The van der Waals surface area contributed by atoms with Crippen molar-refractivity contribution in [3.05, 3.63) is 34.9 Å². The molecule has 2 aliphatic heterocycles. The summed E-state index contributed by atoms with van der Waals surface area (Å²) in [4.78, 5) is 27.8. The third-order valence-corrected chi connectivity index (χ3v) is 5.93. The molecule has 0 aromatic heterocycles. The lowest BCUT2D eigenvalue weighted by Gasteiger charge is -2.37. The maximum atomic E-state index is 13.3. The van der Waals surface area contributed by atoms with Crippen molar-refractivity contribution in [2.45, 2.75) is 45.4 Å². The molecule has 1 aromatic rings. The zero-order chi connectivity index (χ0) is 20.1. The molecule has 3 atom stereocenters. The maximum absolute atomic E-state index is 13.3. The van der Waals surface area contributed by atoms with E-state index in [1.54, 1.807) is 24.3 Å². The summed E-state index contributed by atoms with van der Waals surface area (Å²) in [7, 11) is 0. The fourth-order valence-corrected chi connectivity index (χ4v) is 3.91. The molecule has 1 N–H and O–H groups in total. The summed E-state index contributed by atoms with van der Waals surface area (Å²) in [6, 6.07) is 6.13. The number of piperidine rings is 1. The molecule has 3 rings (SSSR count). The first-order valence-electron chi connectivity index (χ1n) is 10.1. The molecule has 0 spiro atoms. The number of likely N-dealkylation sites (tertiary alicyclic amines) is 1. The van der Waals surface area contributed by atoms with Crippen LogP contribution in [0.3, 0.4) is 0 Å². The number of amides is 2. The second kappa shape index (κ2) is 9.72. The summed E-state index contributed by atoms with van der Waals surface area (Å²) in [5.74, 6) is -0.0708. The average Bonchev–Trinajstić information content (AvgIpc) is 3.26. The van der Waals surface area contributed by atoms with E-state index in [4.69, 9.17) is 21.1 Å². The first-order valence-corrected chi connectivity index (χ1v) is 10.5. The van der Waals surface area contributed by atoms with Gasteiger partial charge in [-0.2, -0.15) is 0 Å². The number of carbonyl (C=O) groups excluding carboxylic acids is 2. The quantitative estimate of drug-likeness (QED) is 0.785. The molecule has 0 saturated carbocycles. The van der Waals surface area contributed by atoms with E-state index in [0.717, 1.165) is 19.3 Å². The van der Waals surface area contributed by atoms with Gasteiger partial charge in [0.05, 0.1) is 13.2 Å². The Kier molecular flexibility index (Phi) is 7.32. The van der Waals surface area contributed by atoms with Crippen LogP contribution >= 0.6 is 11.6 Å². The fourth-order valence-electron chi connectivity index (χ4n) is 3.79. The van der Waals surface area contributed by atoms with Crippen molar-refractivity contribution in [1.29, 1.82) is 0 Å². The largest absolute Gasteiger partial charge is 0.350 e. The number of nitrogens with one attached hydrogen (secondary N) is 1. The Morgan fingerprint density at radius 2 is 1.93 bits per heavy atom. The highest BCUT2D eigenvalue weighted by Gasteiger charge is 2.36. The number of ether oxygens (including phenoxy) is 2. The summed E-state index contributed by atoms with van der Waals surface area (Å²) < 4.78 is 11.3. The van der Waals surface area contributed by atoms with Gasteiger partial charge in [-0.1, -0.05) is 31.9 Å². The van der Waals surface area contributed by atoms with Gasteiger partial charge in [0.1, 0.15) is 6.04 Å². The summed E-state index contributed by atoms with van der Waals surface area (Å²) in [5, 5.41) is 3.52. The number of benzene rings is 1. The van der Waals surface area contributed by atoms with Gasteiger partial charge < -0.3 is 19.7 Å². The zero-order valence-electron chi connectivity index (χ0n) is 16.5. The Bertz CT molecular complexity index is 675. The number of hydrogen-bond donors (Lipinski definition) is 1. The van der Waals surface area contributed by atoms with E-state index >= 15 is 0 Å². The number of halogens is 1. The maximum Gasteiger partial charge on any atom is 0.251 e. The third-order valence-electron chi connectivity index (χ3n) is 5.67. The van der Waals surface area contributed by atoms with Gasteiger partial charge in [0.15, 0.2) is 6.29 Å². The Morgan fingerprint density at radius 3 is 2.57 bits per heavy atom. The van der Waals surface area contributed by atoms with Gasteiger partial charge >= 0.3 is 0 Å². The summed E-state index contributed by atoms with van der Waals surface area (Å²) in [5.41, 5.74) is 0.495. The number of rotatable bonds is 6. The first kappa shape index (κ1) is 21.1. The van der Waals surface area contributed by atoms with Gasteiger partial charge in [-0.25, -0.2) is 0 Å². The molecule has 2 aliphatic rings. The fraction of sp³-hybridized carbons (Fsp3) is 0.619. The molecule has 2 fully saturated rings. The second-order valence-electron chi connectivity index (χ2n) is 7.64. The molecule has 28 heavy (non-hydrogen) atoms. The monoisotopic (exact) mass is 408 g/mol. The first-order chi connectivity index (χ1) is 13.5. The van der Waals surface area contributed by atoms with Crippen LogP contribution in [-0.4, -0.2) is 55.3 Å². The van der Waals surface area contributed by atoms with Crippen molar-refractivity contribution in [2.24, 2.45) is 11.8 Å². The number of carbonyl (C=O) groups is 2. The minimum Gasteiger partial charge on any atom is -0.350 e. The predicted molar refractivity (Wildman–Crippen MR) is 107 cm³/mol. The van der Waals surface area contributed by atoms with E-state index < -0.39 is 6.04 Å². The van der Waals surface area contributed by atoms with Crippen LogP contribution in [-0.2, 0) is 14.3 Å². The Labute approximate surface area is 171 Å². The summed E-state index contributed by atoms with van der Waals surface area (Å²) >= 11 is 5.90. The minimum absolute atomic E-state index is 0.0284. The Hall–Kier alpha value is -1.63. The highest BCUT2D eigenvalue weighted by atomic mass is 35.5. The predicted octanol–water partition coefficient (Wildman–Crippen LogP) is 3.10. The topological polar surface area (TPSA) is 67.9 Å². The van der Waals surface area contributed by atoms with Crippen molar-refractivity contribution in [1.82, 2.24) is 10.2 Å². The van der Waals surface area contributed by atoms with E-state index in [1.165, 1.54) is 0 Å². The van der Waals surface area contributed by atoms with Gasteiger partial charge in [0, 0.05) is 29.6 Å². The third kappa shape index (κ3) is 5.04. The van der Waals surface area contributed by atoms with Crippen LogP contribution in [0.15, 0.2) is 24.3 Å². The van der Waals surface area contributed by atoms with Crippen LogP contribution < -0.4 is 5.32 Å². The summed E-state index contributed by atoms with van der Waals surface area (Å²) in [6.07, 6.45) is 2.47. The molecule has 2 heterocycles. The van der Waals surface area contributed by atoms with Gasteiger partial charge in [-0.15, -0.1) is 0 Å². The second-order valence-corrected chi connectivity index (χ2v) is 8.08. The Balaban J connectivity index is 1.68. The van der Waals surface area contributed by atoms with Crippen LogP contribution in [0.25, 0.3) is 0 Å². The highest BCUT2D eigenvalue weighted by molar-refractivity contribution is 6.30. The lowest BCUT2D eigenvalue weighted by molar-refractivity contribution is -0.142. The van der Waals surface area contributed by atoms with E-state index in [1.807, 2.05) is 18.7 Å². The number of hydrogen-bond acceptors (Lipinski definition) is 4. The molecular formula is C21H29ClN2O4. The van der Waals surface area contributed by atoms with E-state index in [9.17, 15) is 9.59 Å². The molecule has 3 unspecified atom stereocenters. The minimum atomic E-state index is -0.558. The van der Waals surface area contributed by atoms with E-state index in [-0.39, 0.29) is 29.9 Å². The van der Waals surface area contributed by atoms with Crippen LogP contribution in [0.1, 0.15) is 43.5 Å². The molecule has 2 saturated heterocycles. The van der Waals surface area contributed by atoms with Crippen LogP contribution in [0.2, 0.25) is 5.02 Å². The van der Waals surface area contributed by atoms with Crippen LogP contribution in [0, 0.1) is 11.8 Å². The van der Waals surface area contributed by atoms with Crippen molar-refractivity contribution in [3.8, 4) is 0 Å². The van der Waals surface area contributed by atoms with Crippen molar-refractivity contribution < 1.29 is 19.1 Å². The summed E-state index contributed by atoms with van der Waals surface area (Å²) in [6.45, 7) is 6.55. The molecular weight excluding hydrogens is 380 g/mol. The van der Waals surface area contributed by atoms with Crippen molar-refractivity contribution in [2.75, 3.05) is 26.3 Å². The van der Waals surface area contributed by atoms with E-state index in [0.29, 0.717) is 36.9 Å². The highest BCUT2D eigenvalue weighted by Crippen LogP contribution is 2.26. The molecule has 0 aliphatic carbocycles. The SMILES string of the molecule is CCC(C)C(NC(=O)c1ccc(Cl)cc1)C(=O)N1CCCC(C2OCCO2)C1. The lowest BCUT2D eigenvalue weighted by Crippen LogP contribution is -2.54. The van der Waals surface area contributed by atoms with Crippen molar-refractivity contribution >= 4 is 23.4 Å². The molecule has 0 radical (unpaired) electrons. The average molecular weight is 409 g/mol. The molecule has 6 nitrogen and oxygen atoms in total. The Morgan fingerprint density at radius 1 is 1.25 bits per heavy atom. The van der Waals surface area contributed by atoms with Crippen LogP contribution in [0.5, 0.6) is 0 Å². The van der Waals surface area contributed by atoms with Gasteiger partial charge in [-0.05, 0) is 43.0 Å². The molecule has 1 aromatic carbocycles. The van der Waals surface area contributed by atoms with Crippen molar-refractivity contribution in [3.63, 3.8) is 0 Å². The lowest BCUT2D eigenvalue weighted by atomic mass is 9.93. The molecule has 154 valence electrons.